The van der Waals surface area contributed by atoms with Gasteiger partial charge in [-0.05, 0) is 79.3 Å². The maximum absolute atomic E-state index is 14.3. The van der Waals surface area contributed by atoms with Gasteiger partial charge in [-0.2, -0.15) is 0 Å². The van der Waals surface area contributed by atoms with Crippen molar-refractivity contribution < 1.29 is 24.6 Å². The molecule has 3 aliphatic heterocycles. The monoisotopic (exact) mass is 911 g/mol. The lowest BCUT2D eigenvalue weighted by atomic mass is 9.83. The number of likely N-dealkylation sites (tertiary alicyclic amines) is 1. The lowest BCUT2D eigenvalue weighted by molar-refractivity contribution is -0.144. The number of nitrogen functional groups attached to an aromatic ring is 1. The number of aliphatic hydroxyl groups excluding tert-OH is 1. The number of anilines is 3. The second-order valence-corrected chi connectivity index (χ2v) is 19.9. The molecule has 16 nitrogen and oxygen atoms in total. The highest BCUT2D eigenvalue weighted by molar-refractivity contribution is 7.13. The Morgan fingerprint density at radius 1 is 0.924 bits per heavy atom. The van der Waals surface area contributed by atoms with Crippen LogP contribution in [0, 0.1) is 18.3 Å². The zero-order valence-electron chi connectivity index (χ0n) is 37.7. The van der Waals surface area contributed by atoms with Crippen LogP contribution in [0.15, 0.2) is 78.6 Å². The number of phenols is 1. The van der Waals surface area contributed by atoms with E-state index >= 15 is 0 Å². The Balaban J connectivity index is 0.799. The van der Waals surface area contributed by atoms with Gasteiger partial charge in [-0.15, -0.1) is 21.5 Å². The number of allylic oxidation sites excluding steroid dienone is 2. The van der Waals surface area contributed by atoms with Gasteiger partial charge in [-0.25, -0.2) is 15.0 Å². The van der Waals surface area contributed by atoms with E-state index < -0.39 is 23.6 Å². The molecule has 0 spiro atoms. The van der Waals surface area contributed by atoms with Gasteiger partial charge >= 0.3 is 0 Å². The lowest BCUT2D eigenvalue weighted by Gasteiger charge is -2.42. The van der Waals surface area contributed by atoms with Crippen LogP contribution in [0.1, 0.15) is 76.1 Å². The maximum Gasteiger partial charge on any atom is 0.246 e. The zero-order chi connectivity index (χ0) is 46.3. The normalized spacial score (nSPS) is 22.2. The van der Waals surface area contributed by atoms with E-state index in [-0.39, 0.29) is 61.0 Å². The molecule has 2 aromatic carbocycles. The summed E-state index contributed by atoms with van der Waals surface area (Å²) in [6.45, 7) is 9.38. The van der Waals surface area contributed by atoms with Crippen molar-refractivity contribution in [2.45, 2.75) is 103 Å². The largest absolute Gasteiger partial charge is 0.507 e. The van der Waals surface area contributed by atoms with E-state index in [1.165, 1.54) is 4.90 Å². The fraction of sp³-hybridized carbons (Fsp3) is 0.429. The lowest BCUT2D eigenvalue weighted by Crippen LogP contribution is -2.58. The number of nitrogens with one attached hydrogen (secondary N) is 2. The summed E-state index contributed by atoms with van der Waals surface area (Å²) in [6, 6.07) is 15.5. The quantitative estimate of drug-likeness (QED) is 0.111. The van der Waals surface area contributed by atoms with Crippen LogP contribution in [0.25, 0.3) is 27.3 Å². The van der Waals surface area contributed by atoms with Crippen LogP contribution in [0.2, 0.25) is 0 Å². The molecule has 2 bridgehead atoms. The van der Waals surface area contributed by atoms with Crippen LogP contribution in [0.3, 0.4) is 0 Å². The first kappa shape index (κ1) is 44.7. The van der Waals surface area contributed by atoms with Gasteiger partial charge in [0.1, 0.15) is 17.8 Å². The number of amides is 3. The first-order chi connectivity index (χ1) is 31.7. The Morgan fingerprint density at radius 2 is 1.65 bits per heavy atom. The molecule has 9 rings (SSSR count). The second kappa shape index (κ2) is 18.4. The standard InChI is InChI=1S/C49H57N11O5S/c1-28-42(66-27-54-28)31-11-9-29(10-12-31)21-51-46(64)40-19-36(61)26-59(40)47(65)43(49(2,3)4)55-45(63)32-15-13-30(14-16-32)33-22-52-48(53-23-33)60-34-17-18-35(60)25-58(24-34)39-20-38(56-57-44(39)50)37-7-5-6-8-41(37)62/h5-13,20,22-23,27,32,34-36,40,43,61-62H,14-19,21,24-26H2,1-4H3,(H2,50,57)(H,51,64)(H,55,63)/t32-,34?,35?,36-,40+,43-/m1/s1. The van der Waals surface area contributed by atoms with Crippen LogP contribution in [-0.4, -0.2) is 108 Å². The SMILES string of the molecule is Cc1ncsc1-c1ccc(CNC(=O)[C@@H]2C[C@@H](O)CN2C(=O)[C@@H](NC(=O)[C@@H]2CC=C(c3cnc(N4C5CCC4CN(c4cc(-c6ccccc6O)nnc4N)C5)nc3)CC2)C(C)(C)C)cc1. The Kier molecular flexibility index (Phi) is 12.5. The van der Waals surface area contributed by atoms with E-state index in [0.717, 1.165) is 64.5 Å². The van der Waals surface area contributed by atoms with Gasteiger partial charge in [0.05, 0.1) is 33.6 Å². The molecule has 6 atom stereocenters. The number of fused-ring (bicyclic) bond motifs is 2. The number of para-hydroxylation sites is 1. The smallest absolute Gasteiger partial charge is 0.246 e. The highest BCUT2D eigenvalue weighted by Crippen LogP contribution is 2.39. The molecular weight excluding hydrogens is 855 g/mol. The predicted molar refractivity (Wildman–Crippen MR) is 254 cm³/mol. The Morgan fingerprint density at radius 3 is 2.30 bits per heavy atom. The minimum atomic E-state index is -0.906. The van der Waals surface area contributed by atoms with Crippen molar-refractivity contribution in [3.63, 3.8) is 0 Å². The molecule has 3 amide bonds. The molecule has 2 unspecified atom stereocenters. The predicted octanol–water partition coefficient (Wildman–Crippen LogP) is 5.50. The summed E-state index contributed by atoms with van der Waals surface area (Å²) in [6.07, 6.45) is 8.80. The summed E-state index contributed by atoms with van der Waals surface area (Å²) in [5.41, 5.74) is 14.4. The molecule has 0 saturated carbocycles. The molecule has 6 heterocycles. The van der Waals surface area contributed by atoms with Crippen molar-refractivity contribution in [3.05, 3.63) is 95.4 Å². The molecule has 1 aliphatic carbocycles. The summed E-state index contributed by atoms with van der Waals surface area (Å²) in [4.78, 5) is 62.9. The Hall–Kier alpha value is -6.46. The minimum absolute atomic E-state index is 0.0112. The fourth-order valence-corrected chi connectivity index (χ4v) is 10.7. The third kappa shape index (κ3) is 9.18. The number of β-amino-alcohol motifs (C(OH)–C–C–N with tert-alkyl or cyclic N) is 1. The summed E-state index contributed by atoms with van der Waals surface area (Å²) in [5, 5.41) is 35.7. The number of carbonyl (C=O) groups excluding carboxylic acids is 3. The average Bonchev–Trinajstić information content (AvgIpc) is 4.01. The van der Waals surface area contributed by atoms with Crippen LogP contribution in [0.4, 0.5) is 17.5 Å². The van der Waals surface area contributed by atoms with E-state index in [9.17, 15) is 24.6 Å². The van der Waals surface area contributed by atoms with Crippen LogP contribution in [0.5, 0.6) is 5.75 Å². The molecule has 4 aliphatic rings. The zero-order valence-corrected chi connectivity index (χ0v) is 38.5. The van der Waals surface area contributed by atoms with Crippen molar-refractivity contribution in [1.29, 1.82) is 0 Å². The fourth-order valence-electron chi connectivity index (χ4n) is 9.89. The highest BCUT2D eigenvalue weighted by Gasteiger charge is 2.45. The Bertz CT molecular complexity index is 2620. The number of aliphatic hydroxyl groups is 1. The van der Waals surface area contributed by atoms with Crippen molar-refractivity contribution in [3.8, 4) is 27.4 Å². The first-order valence-electron chi connectivity index (χ1n) is 22.7. The highest BCUT2D eigenvalue weighted by atomic mass is 32.1. The molecule has 5 aromatic rings. The van der Waals surface area contributed by atoms with Gasteiger partial charge in [0.25, 0.3) is 0 Å². The van der Waals surface area contributed by atoms with E-state index in [1.807, 2.05) is 88.1 Å². The van der Waals surface area contributed by atoms with Crippen LogP contribution < -0.4 is 26.2 Å². The number of benzene rings is 2. The number of aromatic nitrogens is 5. The molecule has 0 radical (unpaired) electrons. The topological polar surface area (TPSA) is 216 Å². The molecule has 3 aromatic heterocycles. The number of thiazole rings is 1. The third-order valence-electron chi connectivity index (χ3n) is 13.5. The average molecular weight is 912 g/mol. The summed E-state index contributed by atoms with van der Waals surface area (Å²) in [7, 11) is 0. The Labute approximate surface area is 388 Å². The number of hydrogen-bond acceptors (Lipinski definition) is 14. The number of hydrogen-bond donors (Lipinski definition) is 5. The molecule has 6 N–H and O–H groups in total. The molecular formula is C49H57N11O5S. The number of carbonyl (C=O) groups is 3. The molecule has 3 fully saturated rings. The van der Waals surface area contributed by atoms with Crippen molar-refractivity contribution in [2.75, 3.05) is 35.2 Å². The number of phenolic OH excluding ortho intramolecular Hbond substituents is 1. The third-order valence-corrected chi connectivity index (χ3v) is 14.5. The van der Waals surface area contributed by atoms with Gasteiger partial charge in [0.2, 0.25) is 23.7 Å². The van der Waals surface area contributed by atoms with Gasteiger partial charge < -0.3 is 41.3 Å². The van der Waals surface area contributed by atoms with Crippen LogP contribution >= 0.6 is 11.3 Å². The molecule has 344 valence electrons. The second-order valence-electron chi connectivity index (χ2n) is 19.1. The number of rotatable bonds is 11. The van der Waals surface area contributed by atoms with E-state index in [0.29, 0.717) is 42.3 Å². The number of aromatic hydroxyl groups is 1. The van der Waals surface area contributed by atoms with Gasteiger partial charge in [0.15, 0.2) is 5.82 Å². The van der Waals surface area contributed by atoms with Gasteiger partial charge in [-0.1, -0.05) is 63.2 Å². The van der Waals surface area contributed by atoms with E-state index in [1.54, 1.807) is 23.5 Å². The summed E-state index contributed by atoms with van der Waals surface area (Å²) < 4.78 is 0. The van der Waals surface area contributed by atoms with Crippen LogP contribution in [-0.2, 0) is 20.9 Å². The first-order valence-corrected chi connectivity index (χ1v) is 23.6. The van der Waals surface area contributed by atoms with Crippen molar-refractivity contribution >= 4 is 52.1 Å². The number of aryl methyl sites for hydroxylation is 1. The molecule has 66 heavy (non-hydrogen) atoms. The van der Waals surface area contributed by atoms with E-state index in [4.69, 9.17) is 15.7 Å². The number of nitrogens with zero attached hydrogens (tertiary/aromatic N) is 8. The summed E-state index contributed by atoms with van der Waals surface area (Å²) in [5.74, 6) is -0.108. The number of piperazine rings is 1. The molecule has 17 heteroatoms. The van der Waals surface area contributed by atoms with Crippen molar-refractivity contribution in [2.24, 2.45) is 11.3 Å². The van der Waals surface area contributed by atoms with Crippen molar-refractivity contribution in [1.82, 2.24) is 40.7 Å². The minimum Gasteiger partial charge on any atom is -0.507 e. The molecule has 3 saturated heterocycles. The van der Waals surface area contributed by atoms with E-state index in [2.05, 4.69) is 41.7 Å². The van der Waals surface area contributed by atoms with Gasteiger partial charge in [-0.3, -0.25) is 14.4 Å². The maximum atomic E-state index is 14.3. The summed E-state index contributed by atoms with van der Waals surface area (Å²) >= 11 is 1.58. The number of nitrogens with two attached hydrogens (primary N) is 1. The van der Waals surface area contributed by atoms with Gasteiger partial charge in [0, 0.05) is 74.1 Å².